The molecule has 0 radical (unpaired) electrons. The third kappa shape index (κ3) is 2.99. The maximum absolute atomic E-state index is 11.7. The summed E-state index contributed by atoms with van der Waals surface area (Å²) >= 11 is 0. The minimum absolute atomic E-state index is 0.0982. The Bertz CT molecular complexity index is 420. The number of aryl methyl sites for hydroxylation is 1. The molecule has 0 aromatic heterocycles. The van der Waals surface area contributed by atoms with E-state index >= 15 is 0 Å². The van der Waals surface area contributed by atoms with E-state index in [0.717, 1.165) is 12.8 Å². The van der Waals surface area contributed by atoms with Crippen molar-refractivity contribution in [2.45, 2.75) is 45.3 Å². The van der Waals surface area contributed by atoms with Crippen molar-refractivity contribution in [3.05, 3.63) is 35.4 Å². The number of ether oxygens (including phenoxy) is 1. The third-order valence-electron chi connectivity index (χ3n) is 2.82. The number of fused-ring (bicyclic) bond motifs is 1. The summed E-state index contributed by atoms with van der Waals surface area (Å²) in [7, 11) is 0. The molecule has 3 nitrogen and oxygen atoms in total. The highest BCUT2D eigenvalue weighted by Gasteiger charge is 2.25. The molecule has 0 saturated heterocycles. The average Bonchev–Trinajstić information content (AvgIpc) is 2.59. The van der Waals surface area contributed by atoms with Crippen LogP contribution < -0.4 is 5.32 Å². The Hall–Kier alpha value is -1.51. The van der Waals surface area contributed by atoms with Crippen LogP contribution in [0.2, 0.25) is 0 Å². The lowest BCUT2D eigenvalue weighted by Gasteiger charge is -2.22. The monoisotopic (exact) mass is 233 g/mol. The second-order valence-electron chi connectivity index (χ2n) is 5.44. The maximum Gasteiger partial charge on any atom is 0.408 e. The number of amides is 1. The Morgan fingerprint density at radius 1 is 1.35 bits per heavy atom. The minimum atomic E-state index is -0.442. The molecule has 0 saturated carbocycles. The summed E-state index contributed by atoms with van der Waals surface area (Å²) in [5.41, 5.74) is 2.11. The van der Waals surface area contributed by atoms with Gasteiger partial charge in [-0.15, -0.1) is 0 Å². The van der Waals surface area contributed by atoms with Gasteiger partial charge in [0.05, 0.1) is 6.04 Å². The lowest BCUT2D eigenvalue weighted by atomic mass is 10.1. The van der Waals surface area contributed by atoms with Gasteiger partial charge in [0.2, 0.25) is 0 Å². The van der Waals surface area contributed by atoms with E-state index in [9.17, 15) is 4.79 Å². The Morgan fingerprint density at radius 2 is 2.06 bits per heavy atom. The normalized spacial score (nSPS) is 18.6. The Morgan fingerprint density at radius 3 is 2.76 bits per heavy atom. The second-order valence-corrected chi connectivity index (χ2v) is 5.44. The molecule has 0 aliphatic heterocycles. The number of carbonyl (C=O) groups is 1. The Labute approximate surface area is 102 Å². The zero-order valence-corrected chi connectivity index (χ0v) is 10.6. The van der Waals surface area contributed by atoms with Crippen LogP contribution in [0.3, 0.4) is 0 Å². The van der Waals surface area contributed by atoms with Crippen LogP contribution in [0, 0.1) is 0 Å². The smallest absolute Gasteiger partial charge is 0.408 e. The number of alkyl carbamates (subject to hydrolysis) is 1. The summed E-state index contributed by atoms with van der Waals surface area (Å²) in [5, 5.41) is 2.93. The van der Waals surface area contributed by atoms with Crippen molar-refractivity contribution < 1.29 is 9.53 Å². The van der Waals surface area contributed by atoms with E-state index in [-0.39, 0.29) is 12.1 Å². The fourth-order valence-corrected chi connectivity index (χ4v) is 2.16. The van der Waals surface area contributed by atoms with Gasteiger partial charge in [-0.2, -0.15) is 0 Å². The van der Waals surface area contributed by atoms with Gasteiger partial charge >= 0.3 is 6.09 Å². The van der Waals surface area contributed by atoms with Crippen LogP contribution in [0.5, 0.6) is 0 Å². The van der Waals surface area contributed by atoms with Crippen molar-refractivity contribution in [2.75, 3.05) is 0 Å². The van der Waals surface area contributed by atoms with Gasteiger partial charge in [0.15, 0.2) is 0 Å². The van der Waals surface area contributed by atoms with Gasteiger partial charge in [0, 0.05) is 0 Å². The predicted molar refractivity (Wildman–Crippen MR) is 66.9 cm³/mol. The Kier molecular flexibility index (Phi) is 3.09. The lowest BCUT2D eigenvalue weighted by Crippen LogP contribution is -2.34. The van der Waals surface area contributed by atoms with Gasteiger partial charge in [0.25, 0.3) is 0 Å². The van der Waals surface area contributed by atoms with Crippen LogP contribution in [0.4, 0.5) is 4.79 Å². The molecule has 0 spiro atoms. The van der Waals surface area contributed by atoms with Crippen LogP contribution in [0.15, 0.2) is 24.3 Å². The molecular formula is C14H19NO2. The summed E-state index contributed by atoms with van der Waals surface area (Å²) in [4.78, 5) is 11.7. The number of carbonyl (C=O) groups excluding carboxylic acids is 1. The molecule has 0 heterocycles. The van der Waals surface area contributed by atoms with E-state index in [1.807, 2.05) is 32.9 Å². The minimum Gasteiger partial charge on any atom is -0.444 e. The molecule has 3 heteroatoms. The summed E-state index contributed by atoms with van der Waals surface area (Å²) in [6.07, 6.45) is 1.65. The average molecular weight is 233 g/mol. The van der Waals surface area contributed by atoms with Crippen LogP contribution >= 0.6 is 0 Å². The van der Waals surface area contributed by atoms with Gasteiger partial charge in [-0.25, -0.2) is 4.79 Å². The predicted octanol–water partition coefficient (Wildman–Crippen LogP) is 3.20. The lowest BCUT2D eigenvalue weighted by molar-refractivity contribution is 0.0504. The summed E-state index contributed by atoms with van der Waals surface area (Å²) in [6, 6.07) is 8.33. The zero-order chi connectivity index (χ0) is 12.5. The van der Waals surface area contributed by atoms with Crippen LogP contribution in [-0.2, 0) is 11.2 Å². The fourth-order valence-electron chi connectivity index (χ4n) is 2.16. The highest BCUT2D eigenvalue weighted by Crippen LogP contribution is 2.30. The van der Waals surface area contributed by atoms with E-state index in [2.05, 4.69) is 17.4 Å². The van der Waals surface area contributed by atoms with Crippen molar-refractivity contribution >= 4 is 6.09 Å². The molecule has 1 aromatic rings. The highest BCUT2D eigenvalue weighted by molar-refractivity contribution is 5.68. The molecule has 0 bridgehead atoms. The van der Waals surface area contributed by atoms with E-state index in [1.165, 1.54) is 11.1 Å². The largest absolute Gasteiger partial charge is 0.444 e. The standard InChI is InChI=1S/C14H19NO2/c1-14(2,3)17-13(16)15-12-9-8-10-6-4-5-7-11(10)12/h4-7,12H,8-9H2,1-3H3,(H,15,16)/t12-/m0/s1. The van der Waals surface area contributed by atoms with E-state index in [0.29, 0.717) is 0 Å². The molecule has 1 aliphatic carbocycles. The summed E-state index contributed by atoms with van der Waals surface area (Å²) < 4.78 is 5.26. The third-order valence-corrected chi connectivity index (χ3v) is 2.82. The van der Waals surface area contributed by atoms with Crippen molar-refractivity contribution in [1.82, 2.24) is 5.32 Å². The van der Waals surface area contributed by atoms with Gasteiger partial charge in [-0.3, -0.25) is 0 Å². The molecule has 1 aliphatic rings. The number of hydrogen-bond donors (Lipinski definition) is 1. The van der Waals surface area contributed by atoms with E-state index in [1.54, 1.807) is 0 Å². The summed E-state index contributed by atoms with van der Waals surface area (Å²) in [5.74, 6) is 0. The van der Waals surface area contributed by atoms with E-state index in [4.69, 9.17) is 4.74 Å². The molecule has 92 valence electrons. The topological polar surface area (TPSA) is 38.3 Å². The van der Waals surface area contributed by atoms with Gasteiger partial charge in [0.1, 0.15) is 5.60 Å². The SMILES string of the molecule is CC(C)(C)OC(=O)N[C@H]1CCc2ccccc21. The van der Waals surface area contributed by atoms with Crippen molar-refractivity contribution in [3.63, 3.8) is 0 Å². The van der Waals surface area contributed by atoms with Gasteiger partial charge in [-0.1, -0.05) is 24.3 Å². The van der Waals surface area contributed by atoms with Crippen molar-refractivity contribution in [1.29, 1.82) is 0 Å². The first kappa shape index (κ1) is 12.0. The molecule has 2 rings (SSSR count). The molecule has 17 heavy (non-hydrogen) atoms. The van der Waals surface area contributed by atoms with Crippen LogP contribution in [0.1, 0.15) is 44.4 Å². The summed E-state index contributed by atoms with van der Waals surface area (Å²) in [6.45, 7) is 5.61. The molecule has 1 amide bonds. The highest BCUT2D eigenvalue weighted by atomic mass is 16.6. The zero-order valence-electron chi connectivity index (χ0n) is 10.6. The van der Waals surface area contributed by atoms with Crippen molar-refractivity contribution in [3.8, 4) is 0 Å². The maximum atomic E-state index is 11.7. The quantitative estimate of drug-likeness (QED) is 0.809. The Balaban J connectivity index is 2.00. The molecule has 0 fully saturated rings. The number of benzene rings is 1. The molecular weight excluding hydrogens is 214 g/mol. The first-order chi connectivity index (χ1) is 7.96. The van der Waals surface area contributed by atoms with Crippen molar-refractivity contribution in [2.24, 2.45) is 0 Å². The molecule has 0 unspecified atom stereocenters. The molecule has 1 atom stereocenters. The van der Waals surface area contributed by atoms with Crippen LogP contribution in [0.25, 0.3) is 0 Å². The van der Waals surface area contributed by atoms with Gasteiger partial charge < -0.3 is 10.1 Å². The molecule has 1 N–H and O–H groups in total. The first-order valence-corrected chi connectivity index (χ1v) is 6.03. The fraction of sp³-hybridized carbons (Fsp3) is 0.500. The van der Waals surface area contributed by atoms with E-state index < -0.39 is 5.60 Å². The number of nitrogens with one attached hydrogen (secondary N) is 1. The van der Waals surface area contributed by atoms with Gasteiger partial charge in [-0.05, 0) is 44.7 Å². The van der Waals surface area contributed by atoms with Crippen LogP contribution in [-0.4, -0.2) is 11.7 Å². The molecule has 1 aromatic carbocycles. The first-order valence-electron chi connectivity index (χ1n) is 6.03. The second kappa shape index (κ2) is 4.40. The number of hydrogen-bond acceptors (Lipinski definition) is 2. The number of rotatable bonds is 1.